The van der Waals surface area contributed by atoms with Crippen LogP contribution in [-0.4, -0.2) is 51.9 Å². The fourth-order valence-corrected chi connectivity index (χ4v) is 5.23. The molecule has 0 radical (unpaired) electrons. The summed E-state index contributed by atoms with van der Waals surface area (Å²) in [5.74, 6) is 1.44. The van der Waals surface area contributed by atoms with E-state index < -0.39 is 0 Å². The van der Waals surface area contributed by atoms with Crippen molar-refractivity contribution < 1.29 is 19.2 Å². The predicted octanol–water partition coefficient (Wildman–Crippen LogP) is 3.47. The van der Waals surface area contributed by atoms with E-state index >= 15 is 0 Å². The molecule has 3 aromatic rings. The van der Waals surface area contributed by atoms with Crippen LogP contribution in [0.2, 0.25) is 0 Å². The normalized spacial score (nSPS) is 19.1. The lowest BCUT2D eigenvalue weighted by atomic mass is 9.80. The Balaban J connectivity index is 1.48. The highest BCUT2D eigenvalue weighted by Gasteiger charge is 2.48. The van der Waals surface area contributed by atoms with Gasteiger partial charge in [-0.1, -0.05) is 23.4 Å². The third-order valence-electron chi connectivity index (χ3n) is 6.69. The fraction of sp³-hybridized carbons (Fsp3) is 0.385. The monoisotopic (exact) mass is 458 g/mol. The number of aromatic nitrogens is 2. The van der Waals surface area contributed by atoms with Gasteiger partial charge in [-0.15, -0.1) is 0 Å². The van der Waals surface area contributed by atoms with Crippen molar-refractivity contribution in [2.75, 3.05) is 19.7 Å². The molecule has 0 unspecified atom stereocenters. The molecule has 1 atom stereocenters. The minimum atomic E-state index is -0.232. The number of likely N-dealkylation sites (tertiary alicyclic amines) is 1. The van der Waals surface area contributed by atoms with Crippen LogP contribution in [0, 0.1) is 11.3 Å². The summed E-state index contributed by atoms with van der Waals surface area (Å²) in [4.78, 5) is 18.9. The van der Waals surface area contributed by atoms with Gasteiger partial charge in [-0.3, -0.25) is 4.79 Å². The smallest absolute Gasteiger partial charge is 0.259 e. The molecule has 2 aliphatic rings. The first kappa shape index (κ1) is 22.1. The van der Waals surface area contributed by atoms with E-state index in [1.54, 1.807) is 23.1 Å². The van der Waals surface area contributed by atoms with Gasteiger partial charge in [-0.05, 0) is 56.0 Å². The number of rotatable bonds is 6. The van der Waals surface area contributed by atoms with Gasteiger partial charge in [0, 0.05) is 30.5 Å². The summed E-state index contributed by atoms with van der Waals surface area (Å²) in [6.07, 6.45) is 2.15. The second-order valence-electron chi connectivity index (χ2n) is 9.24. The van der Waals surface area contributed by atoms with E-state index in [1.165, 1.54) is 0 Å². The predicted molar refractivity (Wildman–Crippen MR) is 124 cm³/mol. The van der Waals surface area contributed by atoms with Crippen molar-refractivity contribution >= 4 is 5.91 Å². The van der Waals surface area contributed by atoms with Gasteiger partial charge < -0.3 is 19.3 Å². The molecule has 174 valence electrons. The summed E-state index contributed by atoms with van der Waals surface area (Å²) in [6, 6.07) is 13.4. The van der Waals surface area contributed by atoms with Crippen LogP contribution in [0.1, 0.15) is 43.4 Å². The lowest BCUT2D eigenvalue weighted by molar-refractivity contribution is -0.128. The van der Waals surface area contributed by atoms with Crippen LogP contribution < -0.4 is 4.74 Å². The van der Waals surface area contributed by atoms with E-state index in [2.05, 4.69) is 22.3 Å². The molecule has 2 heterocycles. The van der Waals surface area contributed by atoms with E-state index in [-0.39, 0.29) is 29.9 Å². The van der Waals surface area contributed by atoms with Crippen molar-refractivity contribution in [2.24, 2.45) is 0 Å². The van der Waals surface area contributed by atoms with Crippen molar-refractivity contribution in [1.29, 1.82) is 5.26 Å². The number of fused-ring (bicyclic) bond motifs is 2. The van der Waals surface area contributed by atoms with Crippen molar-refractivity contribution in [2.45, 2.75) is 44.6 Å². The van der Waals surface area contributed by atoms with E-state index in [4.69, 9.17) is 9.26 Å². The van der Waals surface area contributed by atoms with Gasteiger partial charge in [-0.2, -0.15) is 10.2 Å². The molecule has 1 aromatic heterocycles. The van der Waals surface area contributed by atoms with Crippen LogP contribution in [0.25, 0.3) is 22.8 Å². The highest BCUT2D eigenvalue weighted by atomic mass is 16.5. The Morgan fingerprint density at radius 1 is 1.29 bits per heavy atom. The Morgan fingerprint density at radius 2 is 2.15 bits per heavy atom. The first-order chi connectivity index (χ1) is 16.4. The lowest BCUT2D eigenvalue weighted by Gasteiger charge is -2.24. The number of hydrogen-bond donors (Lipinski definition) is 1. The molecule has 1 aliphatic carbocycles. The van der Waals surface area contributed by atoms with Gasteiger partial charge in [0.25, 0.3) is 5.89 Å². The number of ether oxygens (including phenoxy) is 1. The third-order valence-corrected chi connectivity index (χ3v) is 6.69. The first-order valence-corrected chi connectivity index (χ1v) is 11.5. The molecular formula is C26H26N4O4. The molecule has 1 N–H and O–H groups in total. The zero-order chi connectivity index (χ0) is 23.9. The number of carbonyl (C=O) groups is 1. The van der Waals surface area contributed by atoms with Gasteiger partial charge in [0.15, 0.2) is 0 Å². The molecule has 1 fully saturated rings. The Bertz CT molecular complexity index is 1290. The highest BCUT2D eigenvalue weighted by Crippen LogP contribution is 2.48. The number of carbonyl (C=O) groups excluding carboxylic acids is 1. The molecule has 0 bridgehead atoms. The maximum Gasteiger partial charge on any atom is 0.259 e. The van der Waals surface area contributed by atoms with E-state index in [1.807, 2.05) is 26.0 Å². The number of nitriles is 1. The molecule has 8 heteroatoms. The molecular weight excluding hydrogens is 432 g/mol. The molecule has 2 aromatic carbocycles. The zero-order valence-corrected chi connectivity index (χ0v) is 19.2. The second-order valence-corrected chi connectivity index (χ2v) is 9.24. The molecule has 1 saturated heterocycles. The van der Waals surface area contributed by atoms with Crippen molar-refractivity contribution in [3.63, 3.8) is 0 Å². The van der Waals surface area contributed by atoms with Gasteiger partial charge >= 0.3 is 0 Å². The fourth-order valence-electron chi connectivity index (χ4n) is 5.23. The van der Waals surface area contributed by atoms with Crippen molar-refractivity contribution in [3.05, 3.63) is 53.1 Å². The minimum Gasteiger partial charge on any atom is -0.491 e. The quantitative estimate of drug-likeness (QED) is 0.602. The number of nitrogens with zero attached hydrogens (tertiary/aromatic N) is 4. The topological polar surface area (TPSA) is 112 Å². The molecule has 1 aliphatic heterocycles. The third kappa shape index (κ3) is 3.72. The van der Waals surface area contributed by atoms with E-state index in [9.17, 15) is 15.2 Å². The molecule has 34 heavy (non-hydrogen) atoms. The van der Waals surface area contributed by atoms with Crippen LogP contribution in [0.4, 0.5) is 0 Å². The summed E-state index contributed by atoms with van der Waals surface area (Å²) in [5, 5.41) is 23.2. The number of β-amino-alcohol motifs (C(OH)–C–C–N with tert-alkyl or cyclic N) is 1. The highest BCUT2D eigenvalue weighted by molar-refractivity contribution is 5.82. The summed E-state index contributed by atoms with van der Waals surface area (Å²) in [6.45, 7) is 4.81. The van der Waals surface area contributed by atoms with E-state index in [0.717, 1.165) is 29.5 Å². The van der Waals surface area contributed by atoms with Crippen molar-refractivity contribution in [1.82, 2.24) is 15.0 Å². The molecule has 8 nitrogen and oxygen atoms in total. The van der Waals surface area contributed by atoms with Crippen LogP contribution in [0.5, 0.6) is 5.75 Å². The molecule has 1 amide bonds. The van der Waals surface area contributed by atoms with Gasteiger partial charge in [0.1, 0.15) is 11.8 Å². The summed E-state index contributed by atoms with van der Waals surface area (Å²) in [5.41, 5.74) is 3.90. The Kier molecular flexibility index (Phi) is 5.58. The molecule has 0 saturated carbocycles. The summed E-state index contributed by atoms with van der Waals surface area (Å²) in [7, 11) is 0. The maximum absolute atomic E-state index is 12.5. The average molecular weight is 459 g/mol. The van der Waals surface area contributed by atoms with E-state index in [0.29, 0.717) is 42.2 Å². The van der Waals surface area contributed by atoms with Crippen LogP contribution in [-0.2, 0) is 16.6 Å². The SMILES string of the molecule is CC(C)Oc1ccc(-c2nc(-c3cccc4c3CC[C@@]43CC(=O)N(CCO)C3)no2)c(C#N)c1. The van der Waals surface area contributed by atoms with Gasteiger partial charge in [0.2, 0.25) is 11.7 Å². The minimum absolute atomic E-state index is 0.00162. The summed E-state index contributed by atoms with van der Waals surface area (Å²) >= 11 is 0. The second kappa shape index (κ2) is 8.58. The number of aliphatic hydroxyl groups is 1. The Morgan fingerprint density at radius 3 is 2.91 bits per heavy atom. The Hall–Kier alpha value is -3.70. The van der Waals surface area contributed by atoms with Crippen LogP contribution >= 0.6 is 0 Å². The summed E-state index contributed by atoms with van der Waals surface area (Å²) < 4.78 is 11.3. The number of aliphatic hydroxyl groups excluding tert-OH is 1. The number of benzene rings is 2. The standard InChI is InChI=1S/C26H26N4O4/c1-16(2)33-18-6-7-19(17(12-18)14-27)25-28-24(29-34-25)21-4-3-5-22-20(21)8-9-26(22)13-23(32)30(15-26)10-11-31/h3-7,12,16,31H,8-11,13,15H2,1-2H3/t26-/m0/s1. The zero-order valence-electron chi connectivity index (χ0n) is 19.2. The van der Waals surface area contributed by atoms with Gasteiger partial charge in [0.05, 0.1) is 23.8 Å². The average Bonchev–Trinajstić information content (AvgIpc) is 3.52. The number of hydrogen-bond acceptors (Lipinski definition) is 7. The van der Waals surface area contributed by atoms with Crippen LogP contribution in [0.15, 0.2) is 40.9 Å². The molecule has 5 rings (SSSR count). The molecule has 1 spiro atoms. The lowest BCUT2D eigenvalue weighted by Crippen LogP contribution is -2.32. The van der Waals surface area contributed by atoms with Crippen LogP contribution in [0.3, 0.4) is 0 Å². The van der Waals surface area contributed by atoms with Crippen molar-refractivity contribution in [3.8, 4) is 34.7 Å². The first-order valence-electron chi connectivity index (χ1n) is 11.5. The Labute approximate surface area is 197 Å². The largest absolute Gasteiger partial charge is 0.491 e. The van der Waals surface area contributed by atoms with Gasteiger partial charge in [-0.25, -0.2) is 0 Å². The number of amides is 1. The maximum atomic E-state index is 12.5.